The lowest BCUT2D eigenvalue weighted by molar-refractivity contribution is 0.205. The second-order valence-corrected chi connectivity index (χ2v) is 2.17. The molecule has 0 saturated carbocycles. The molecule has 0 aromatic rings. The molecule has 0 aliphatic heterocycles. The van der Waals surface area contributed by atoms with Crippen LogP contribution in [0.2, 0.25) is 0 Å². The van der Waals surface area contributed by atoms with Gasteiger partial charge in [0.15, 0.2) is 0 Å². The van der Waals surface area contributed by atoms with Crippen molar-refractivity contribution in [2.45, 2.75) is 6.92 Å². The van der Waals surface area contributed by atoms with E-state index in [-0.39, 0.29) is 0 Å². The number of hydrogen-bond donors (Lipinski definition) is 0. The molecule has 0 rings (SSSR count). The lowest BCUT2D eigenvalue weighted by Gasteiger charge is -1.95. The van der Waals surface area contributed by atoms with Crippen molar-refractivity contribution in [1.29, 1.82) is 0 Å². The minimum Gasteiger partial charge on any atom is -0.381 e. The van der Waals surface area contributed by atoms with Gasteiger partial charge in [-0.3, -0.25) is 0 Å². The number of hydrogen-bond acceptors (Lipinski definition) is 1. The summed E-state index contributed by atoms with van der Waals surface area (Å²) in [6.07, 6.45) is 0.923. The van der Waals surface area contributed by atoms with Crippen molar-refractivity contribution in [3.63, 3.8) is 0 Å². The number of rotatable bonds is 3. The van der Waals surface area contributed by atoms with E-state index in [0.29, 0.717) is 0 Å². The molecule has 0 atom stereocenters. The van der Waals surface area contributed by atoms with E-state index in [1.165, 1.54) is 0 Å². The molecule has 0 aliphatic carbocycles. The van der Waals surface area contributed by atoms with Gasteiger partial charge in [0.2, 0.25) is 0 Å². The summed E-state index contributed by atoms with van der Waals surface area (Å²) in [5.74, 6) is 0. The third kappa shape index (κ3) is 5.92. The van der Waals surface area contributed by atoms with E-state index in [1.807, 2.05) is 6.92 Å². The van der Waals surface area contributed by atoms with Gasteiger partial charge in [-0.05, 0) is 6.92 Å². The molecule has 2 heteroatoms. The zero-order valence-electron chi connectivity index (χ0n) is 5.03. The predicted octanol–water partition coefficient (Wildman–Crippen LogP) is -0.0980. The van der Waals surface area contributed by atoms with Gasteiger partial charge in [-0.1, -0.05) is 12.2 Å². The Morgan fingerprint density at radius 3 is 2.57 bits per heavy atom. The molecule has 0 aromatic heterocycles. The van der Waals surface area contributed by atoms with Gasteiger partial charge in [-0.25, -0.2) is 0 Å². The van der Waals surface area contributed by atoms with E-state index in [2.05, 4.69) is 6.58 Å². The summed E-state index contributed by atoms with van der Waals surface area (Å²) in [5, 5.41) is 0. The average molecular weight is 116 g/mol. The summed E-state index contributed by atoms with van der Waals surface area (Å²) in [6, 6.07) is 0. The SMILES string of the molecule is C=C(C)COC[SiH3]. The van der Waals surface area contributed by atoms with Gasteiger partial charge in [0.1, 0.15) is 0 Å². The van der Waals surface area contributed by atoms with E-state index >= 15 is 0 Å². The molecular weight excluding hydrogens is 104 g/mol. The van der Waals surface area contributed by atoms with Crippen LogP contribution in [0.15, 0.2) is 12.2 Å². The van der Waals surface area contributed by atoms with Crippen molar-refractivity contribution in [2.75, 3.05) is 12.8 Å². The summed E-state index contributed by atoms with van der Waals surface area (Å²) in [4.78, 5) is 0. The van der Waals surface area contributed by atoms with Crippen molar-refractivity contribution in [2.24, 2.45) is 0 Å². The van der Waals surface area contributed by atoms with Crippen molar-refractivity contribution in [1.82, 2.24) is 0 Å². The molecule has 0 radical (unpaired) electrons. The van der Waals surface area contributed by atoms with Crippen LogP contribution in [0, 0.1) is 0 Å². The molecule has 0 fully saturated rings. The minimum atomic E-state index is 0.740. The summed E-state index contributed by atoms with van der Waals surface area (Å²) in [7, 11) is 1.13. The van der Waals surface area contributed by atoms with Crippen LogP contribution in [0.3, 0.4) is 0 Å². The minimum absolute atomic E-state index is 0.740. The Hall–Kier alpha value is -0.0831. The van der Waals surface area contributed by atoms with Gasteiger partial charge in [-0.2, -0.15) is 0 Å². The first-order valence-electron chi connectivity index (χ1n) is 2.49. The molecule has 1 nitrogen and oxygen atoms in total. The highest BCUT2D eigenvalue weighted by molar-refractivity contribution is 6.08. The third-order valence-electron chi connectivity index (χ3n) is 0.553. The van der Waals surface area contributed by atoms with Crippen molar-refractivity contribution < 1.29 is 4.74 Å². The second kappa shape index (κ2) is 4.09. The largest absolute Gasteiger partial charge is 0.381 e. The van der Waals surface area contributed by atoms with Crippen LogP contribution in [-0.2, 0) is 4.74 Å². The maximum absolute atomic E-state index is 5.06. The predicted molar refractivity (Wildman–Crippen MR) is 35.6 cm³/mol. The molecule has 7 heavy (non-hydrogen) atoms. The summed E-state index contributed by atoms with van der Waals surface area (Å²) in [5.41, 5.74) is 1.11. The van der Waals surface area contributed by atoms with Crippen molar-refractivity contribution in [3.8, 4) is 0 Å². The molecule has 0 saturated heterocycles. The first-order valence-corrected chi connectivity index (χ1v) is 3.91. The Balaban J connectivity index is 2.82. The fraction of sp³-hybridized carbons (Fsp3) is 0.600. The van der Waals surface area contributed by atoms with Crippen LogP contribution < -0.4 is 0 Å². The molecule has 0 aliphatic rings. The zero-order chi connectivity index (χ0) is 5.70. The fourth-order valence-electron chi connectivity index (χ4n) is 0.276. The van der Waals surface area contributed by atoms with Gasteiger partial charge >= 0.3 is 0 Å². The van der Waals surface area contributed by atoms with E-state index in [1.54, 1.807) is 0 Å². The Kier molecular flexibility index (Phi) is 4.04. The number of ether oxygens (including phenoxy) is 1. The second-order valence-electron chi connectivity index (χ2n) is 1.59. The lowest BCUT2D eigenvalue weighted by Crippen LogP contribution is -1.95. The van der Waals surface area contributed by atoms with Crippen molar-refractivity contribution in [3.05, 3.63) is 12.2 Å². The standard InChI is InChI=1S/C5H12OSi/c1-5(2)3-6-4-7/h1,3-4H2,2,7H3. The van der Waals surface area contributed by atoms with E-state index in [4.69, 9.17) is 4.74 Å². The normalized spacial score (nSPS) is 9.29. The maximum atomic E-state index is 5.06. The molecule has 0 heterocycles. The summed E-state index contributed by atoms with van der Waals surface area (Å²) < 4.78 is 5.06. The highest BCUT2D eigenvalue weighted by Crippen LogP contribution is 1.84. The van der Waals surface area contributed by atoms with E-state index in [9.17, 15) is 0 Å². The van der Waals surface area contributed by atoms with Crippen molar-refractivity contribution >= 4 is 10.2 Å². The summed E-state index contributed by atoms with van der Waals surface area (Å²) >= 11 is 0. The highest BCUT2D eigenvalue weighted by Gasteiger charge is 1.79. The molecule has 0 unspecified atom stereocenters. The quantitative estimate of drug-likeness (QED) is 0.370. The van der Waals surface area contributed by atoms with E-state index < -0.39 is 0 Å². The first-order chi connectivity index (χ1) is 3.27. The molecule has 0 N–H and O–H groups in total. The van der Waals surface area contributed by atoms with Crippen LogP contribution in [0.25, 0.3) is 0 Å². The Morgan fingerprint density at radius 1 is 1.86 bits per heavy atom. The molecule has 0 aromatic carbocycles. The Bertz CT molecular complexity index is 61.1. The molecule has 42 valence electrons. The van der Waals surface area contributed by atoms with Gasteiger partial charge in [0.25, 0.3) is 0 Å². The van der Waals surface area contributed by atoms with Gasteiger partial charge < -0.3 is 4.74 Å². The fourth-order valence-corrected chi connectivity index (χ4v) is 0.480. The molecule has 0 spiro atoms. The Labute approximate surface area is 47.8 Å². The van der Waals surface area contributed by atoms with Gasteiger partial charge in [0, 0.05) is 16.5 Å². The topological polar surface area (TPSA) is 9.23 Å². The van der Waals surface area contributed by atoms with Gasteiger partial charge in [0.05, 0.1) is 6.61 Å². The zero-order valence-corrected chi connectivity index (χ0v) is 7.03. The molecular formula is C5H12OSi. The smallest absolute Gasteiger partial charge is 0.0666 e. The van der Waals surface area contributed by atoms with Crippen LogP contribution >= 0.6 is 0 Å². The van der Waals surface area contributed by atoms with Crippen LogP contribution in [0.5, 0.6) is 0 Å². The van der Waals surface area contributed by atoms with Gasteiger partial charge in [-0.15, -0.1) is 0 Å². The maximum Gasteiger partial charge on any atom is 0.0666 e. The highest BCUT2D eigenvalue weighted by atomic mass is 28.1. The molecule has 0 amide bonds. The summed E-state index contributed by atoms with van der Waals surface area (Å²) in [6.45, 7) is 6.39. The first kappa shape index (κ1) is 6.92. The van der Waals surface area contributed by atoms with Crippen LogP contribution in [-0.4, -0.2) is 23.1 Å². The molecule has 0 bridgehead atoms. The average Bonchev–Trinajstić information content (AvgIpc) is 1.61. The van der Waals surface area contributed by atoms with E-state index in [0.717, 1.165) is 28.7 Å². The third-order valence-corrected chi connectivity index (χ3v) is 0.961. The lowest BCUT2D eigenvalue weighted by atomic mass is 10.4. The Morgan fingerprint density at radius 2 is 2.43 bits per heavy atom. The van der Waals surface area contributed by atoms with Crippen LogP contribution in [0.4, 0.5) is 0 Å². The van der Waals surface area contributed by atoms with Crippen LogP contribution in [0.1, 0.15) is 6.92 Å². The monoisotopic (exact) mass is 116 g/mol.